The Morgan fingerprint density at radius 3 is 2.80 bits per heavy atom. The van der Waals surface area contributed by atoms with Gasteiger partial charge in [0, 0.05) is 0 Å². The molecule has 0 saturated carbocycles. The van der Waals surface area contributed by atoms with E-state index in [4.69, 9.17) is 5.73 Å². The fourth-order valence-corrected chi connectivity index (χ4v) is 3.23. The standard InChI is InChI=1S/C16H15FN2S/c1-10-8-12(17)7-6-11(10)9-13(18)16-19-14-4-2-3-5-15(14)20-16/h2-8,13H,9,18H2,1H3. The Kier molecular flexibility index (Phi) is 3.51. The monoisotopic (exact) mass is 286 g/mol. The van der Waals surface area contributed by atoms with Crippen LogP contribution < -0.4 is 5.73 Å². The van der Waals surface area contributed by atoms with Crippen LogP contribution in [0.1, 0.15) is 22.2 Å². The summed E-state index contributed by atoms with van der Waals surface area (Å²) in [6.07, 6.45) is 0.673. The number of aromatic nitrogens is 1. The van der Waals surface area contributed by atoms with E-state index < -0.39 is 0 Å². The number of nitrogens with zero attached hydrogens (tertiary/aromatic N) is 1. The third-order valence-corrected chi connectivity index (χ3v) is 4.54. The fraction of sp³-hybridized carbons (Fsp3) is 0.188. The molecule has 0 aliphatic rings. The Labute approximate surface area is 121 Å². The lowest BCUT2D eigenvalue weighted by Crippen LogP contribution is -2.13. The van der Waals surface area contributed by atoms with Crippen molar-refractivity contribution in [1.29, 1.82) is 0 Å². The first-order chi connectivity index (χ1) is 9.63. The van der Waals surface area contributed by atoms with Gasteiger partial charge >= 0.3 is 0 Å². The average Bonchev–Trinajstić information content (AvgIpc) is 2.86. The van der Waals surface area contributed by atoms with Crippen LogP contribution in [0, 0.1) is 12.7 Å². The highest BCUT2D eigenvalue weighted by Gasteiger charge is 2.13. The number of fused-ring (bicyclic) bond motifs is 1. The van der Waals surface area contributed by atoms with E-state index in [0.717, 1.165) is 26.4 Å². The van der Waals surface area contributed by atoms with Crippen LogP contribution in [0.2, 0.25) is 0 Å². The number of para-hydroxylation sites is 1. The van der Waals surface area contributed by atoms with E-state index >= 15 is 0 Å². The summed E-state index contributed by atoms with van der Waals surface area (Å²) in [6.45, 7) is 1.91. The molecule has 0 amide bonds. The van der Waals surface area contributed by atoms with Gasteiger partial charge in [-0.2, -0.15) is 0 Å². The highest BCUT2D eigenvalue weighted by molar-refractivity contribution is 7.18. The van der Waals surface area contributed by atoms with Crippen molar-refractivity contribution in [3.05, 3.63) is 64.4 Å². The molecule has 4 heteroatoms. The SMILES string of the molecule is Cc1cc(F)ccc1CC(N)c1nc2ccccc2s1. The molecule has 0 fully saturated rings. The van der Waals surface area contributed by atoms with Gasteiger partial charge in [0.15, 0.2) is 0 Å². The van der Waals surface area contributed by atoms with Gasteiger partial charge in [0.25, 0.3) is 0 Å². The molecule has 2 nitrogen and oxygen atoms in total. The van der Waals surface area contributed by atoms with Crippen molar-refractivity contribution in [1.82, 2.24) is 4.98 Å². The Morgan fingerprint density at radius 2 is 2.05 bits per heavy atom. The van der Waals surface area contributed by atoms with E-state index in [-0.39, 0.29) is 11.9 Å². The van der Waals surface area contributed by atoms with Crippen molar-refractivity contribution in [2.75, 3.05) is 0 Å². The third kappa shape index (κ3) is 2.57. The zero-order valence-electron chi connectivity index (χ0n) is 11.1. The molecule has 1 unspecified atom stereocenters. The van der Waals surface area contributed by atoms with E-state index in [1.807, 2.05) is 31.2 Å². The van der Waals surface area contributed by atoms with E-state index in [0.29, 0.717) is 6.42 Å². The number of benzene rings is 2. The summed E-state index contributed by atoms with van der Waals surface area (Å²) in [5, 5.41) is 0.926. The Bertz CT molecular complexity index is 718. The molecule has 0 bridgehead atoms. The largest absolute Gasteiger partial charge is 0.322 e. The zero-order chi connectivity index (χ0) is 14.1. The number of thiazole rings is 1. The summed E-state index contributed by atoms with van der Waals surface area (Å²) >= 11 is 1.62. The van der Waals surface area contributed by atoms with Crippen LogP contribution in [0.4, 0.5) is 4.39 Å². The van der Waals surface area contributed by atoms with Gasteiger partial charge in [0.05, 0.1) is 16.3 Å². The molecule has 2 aromatic carbocycles. The lowest BCUT2D eigenvalue weighted by atomic mass is 10.0. The van der Waals surface area contributed by atoms with E-state index in [2.05, 4.69) is 4.98 Å². The summed E-state index contributed by atoms with van der Waals surface area (Å²) in [6, 6.07) is 12.7. The second-order valence-corrected chi connectivity index (χ2v) is 5.96. The van der Waals surface area contributed by atoms with Gasteiger partial charge in [-0.25, -0.2) is 9.37 Å². The molecule has 1 heterocycles. The van der Waals surface area contributed by atoms with E-state index in [1.54, 1.807) is 23.5 Å². The minimum Gasteiger partial charge on any atom is -0.322 e. The normalized spacial score (nSPS) is 12.8. The number of nitrogens with two attached hydrogens (primary N) is 1. The summed E-state index contributed by atoms with van der Waals surface area (Å²) < 4.78 is 14.3. The first-order valence-electron chi connectivity index (χ1n) is 6.49. The Hall–Kier alpha value is -1.78. The van der Waals surface area contributed by atoms with Crippen LogP contribution in [0.25, 0.3) is 10.2 Å². The topological polar surface area (TPSA) is 38.9 Å². The summed E-state index contributed by atoms with van der Waals surface area (Å²) in [7, 11) is 0. The van der Waals surface area contributed by atoms with E-state index in [1.165, 1.54) is 6.07 Å². The second kappa shape index (κ2) is 5.31. The first kappa shape index (κ1) is 13.2. The van der Waals surface area contributed by atoms with Gasteiger partial charge in [-0.3, -0.25) is 0 Å². The smallest absolute Gasteiger partial charge is 0.123 e. The van der Waals surface area contributed by atoms with Gasteiger partial charge in [0.2, 0.25) is 0 Å². The number of hydrogen-bond donors (Lipinski definition) is 1. The van der Waals surface area contributed by atoms with Crippen molar-refractivity contribution in [3.8, 4) is 0 Å². The van der Waals surface area contributed by atoms with Crippen molar-refractivity contribution >= 4 is 21.6 Å². The van der Waals surface area contributed by atoms with Gasteiger partial charge in [-0.15, -0.1) is 11.3 Å². The molecule has 1 aromatic heterocycles. The Morgan fingerprint density at radius 1 is 1.25 bits per heavy atom. The minimum absolute atomic E-state index is 0.156. The fourth-order valence-electron chi connectivity index (χ4n) is 2.26. The number of rotatable bonds is 3. The number of aryl methyl sites for hydroxylation is 1. The van der Waals surface area contributed by atoms with Crippen LogP contribution in [0.15, 0.2) is 42.5 Å². The zero-order valence-corrected chi connectivity index (χ0v) is 12.0. The molecule has 1 atom stereocenters. The summed E-state index contributed by atoms with van der Waals surface area (Å²) in [4.78, 5) is 4.58. The molecule has 0 spiro atoms. The van der Waals surface area contributed by atoms with Crippen molar-refractivity contribution in [2.24, 2.45) is 5.73 Å². The van der Waals surface area contributed by atoms with Crippen molar-refractivity contribution in [2.45, 2.75) is 19.4 Å². The second-order valence-electron chi connectivity index (χ2n) is 4.90. The lowest BCUT2D eigenvalue weighted by Gasteiger charge is -2.10. The quantitative estimate of drug-likeness (QED) is 0.790. The molecule has 0 saturated heterocycles. The van der Waals surface area contributed by atoms with Crippen molar-refractivity contribution < 1.29 is 4.39 Å². The van der Waals surface area contributed by atoms with Crippen LogP contribution in [0.5, 0.6) is 0 Å². The molecule has 0 aliphatic carbocycles. The lowest BCUT2D eigenvalue weighted by molar-refractivity contribution is 0.623. The molecular weight excluding hydrogens is 271 g/mol. The van der Waals surface area contributed by atoms with Gasteiger partial charge < -0.3 is 5.73 Å². The third-order valence-electron chi connectivity index (χ3n) is 3.37. The van der Waals surface area contributed by atoms with Crippen LogP contribution >= 0.6 is 11.3 Å². The molecule has 102 valence electrons. The minimum atomic E-state index is -0.209. The average molecular weight is 286 g/mol. The highest BCUT2D eigenvalue weighted by atomic mass is 32.1. The number of hydrogen-bond acceptors (Lipinski definition) is 3. The van der Waals surface area contributed by atoms with Crippen molar-refractivity contribution in [3.63, 3.8) is 0 Å². The van der Waals surface area contributed by atoms with Gasteiger partial charge in [0.1, 0.15) is 10.8 Å². The van der Waals surface area contributed by atoms with E-state index in [9.17, 15) is 4.39 Å². The van der Waals surface area contributed by atoms with Crippen LogP contribution in [0.3, 0.4) is 0 Å². The predicted molar refractivity (Wildman–Crippen MR) is 81.4 cm³/mol. The maximum Gasteiger partial charge on any atom is 0.123 e. The maximum atomic E-state index is 13.1. The molecule has 20 heavy (non-hydrogen) atoms. The van der Waals surface area contributed by atoms with Gasteiger partial charge in [-0.1, -0.05) is 18.2 Å². The summed E-state index contributed by atoms with van der Waals surface area (Å²) in [5.41, 5.74) is 9.24. The molecule has 0 aliphatic heterocycles. The molecule has 0 radical (unpaired) electrons. The molecule has 3 aromatic rings. The van der Waals surface area contributed by atoms with Crippen LogP contribution in [-0.2, 0) is 6.42 Å². The van der Waals surface area contributed by atoms with Gasteiger partial charge in [-0.05, 0) is 48.7 Å². The Balaban J connectivity index is 1.86. The van der Waals surface area contributed by atoms with Crippen LogP contribution in [-0.4, -0.2) is 4.98 Å². The first-order valence-corrected chi connectivity index (χ1v) is 7.31. The predicted octanol–water partition coefficient (Wildman–Crippen LogP) is 3.99. The molecule has 2 N–H and O–H groups in total. The maximum absolute atomic E-state index is 13.1. The summed E-state index contributed by atoms with van der Waals surface area (Å²) in [5.74, 6) is -0.209. The molecular formula is C16H15FN2S. The number of halogens is 1. The highest BCUT2D eigenvalue weighted by Crippen LogP contribution is 2.27. The molecule has 3 rings (SSSR count).